The fraction of sp³-hybridized carbons (Fsp3) is 0.548. The number of amides is 2. The molecule has 0 spiro atoms. The molecule has 10 nitrogen and oxygen atoms in total. The third-order valence-electron chi connectivity index (χ3n) is 8.08. The Morgan fingerprint density at radius 3 is 2.69 bits per heavy atom. The Labute approximate surface area is 245 Å². The molecular weight excluding hydrogens is 541 g/mol. The zero-order chi connectivity index (χ0) is 29.3. The Morgan fingerprint density at radius 1 is 1.10 bits per heavy atom. The number of hydrogen-bond donors (Lipinski definition) is 1. The molecule has 226 valence electrons. The van der Waals surface area contributed by atoms with Gasteiger partial charge in [-0.05, 0) is 63.4 Å². The van der Waals surface area contributed by atoms with E-state index < -0.39 is 17.8 Å². The Bertz CT molecular complexity index is 1300. The molecule has 1 saturated carbocycles. The van der Waals surface area contributed by atoms with Crippen molar-refractivity contribution in [3.05, 3.63) is 54.1 Å². The quantitative estimate of drug-likeness (QED) is 0.262. The summed E-state index contributed by atoms with van der Waals surface area (Å²) in [5.74, 6) is 0.849. The van der Waals surface area contributed by atoms with E-state index in [0.717, 1.165) is 58.2 Å². The van der Waals surface area contributed by atoms with E-state index in [1.165, 1.54) is 25.2 Å². The van der Waals surface area contributed by atoms with Gasteiger partial charge in [0.1, 0.15) is 17.6 Å². The van der Waals surface area contributed by atoms with E-state index >= 15 is 0 Å². The summed E-state index contributed by atoms with van der Waals surface area (Å²) in [6, 6.07) is 7.31. The first-order valence-electron chi connectivity index (χ1n) is 15.1. The Hall–Kier alpha value is -3.73. The number of aromatic nitrogens is 2. The van der Waals surface area contributed by atoms with Gasteiger partial charge in [0.2, 0.25) is 17.6 Å². The van der Waals surface area contributed by atoms with Crippen LogP contribution in [0.2, 0.25) is 0 Å². The zero-order valence-corrected chi connectivity index (χ0v) is 24.2. The minimum atomic E-state index is -0.641. The van der Waals surface area contributed by atoms with Crippen LogP contribution in [0.1, 0.15) is 80.7 Å². The van der Waals surface area contributed by atoms with Gasteiger partial charge in [-0.15, -0.1) is 0 Å². The van der Waals surface area contributed by atoms with Gasteiger partial charge < -0.3 is 28.8 Å². The highest BCUT2D eigenvalue weighted by atomic mass is 19.1. The molecule has 3 aromatic rings. The van der Waals surface area contributed by atoms with E-state index in [9.17, 15) is 14.0 Å². The van der Waals surface area contributed by atoms with E-state index in [4.69, 9.17) is 13.7 Å². The molecule has 2 aliphatic rings. The predicted molar refractivity (Wildman–Crippen MR) is 154 cm³/mol. The van der Waals surface area contributed by atoms with Gasteiger partial charge in [0.15, 0.2) is 5.76 Å². The highest BCUT2D eigenvalue weighted by Crippen LogP contribution is 2.32. The van der Waals surface area contributed by atoms with E-state index in [1.54, 1.807) is 36.1 Å². The molecule has 5 rings (SSSR count). The molecule has 3 heterocycles. The molecule has 42 heavy (non-hydrogen) atoms. The van der Waals surface area contributed by atoms with Gasteiger partial charge in [-0.2, -0.15) is 4.98 Å². The molecule has 2 amide bonds. The van der Waals surface area contributed by atoms with Gasteiger partial charge in [-0.3, -0.25) is 9.59 Å². The van der Waals surface area contributed by atoms with Crippen LogP contribution in [0.4, 0.5) is 4.39 Å². The van der Waals surface area contributed by atoms with Crippen LogP contribution in [0.3, 0.4) is 0 Å². The second-order valence-electron chi connectivity index (χ2n) is 11.2. The SMILES string of the molecule is C[C@@H](NC(=O)c1ccco1)C(=O)N1CCCN(CCCOc2ccc(-c3noc(C4CCCCCC4)n3)c(F)c2)CC1. The van der Waals surface area contributed by atoms with Crippen molar-refractivity contribution in [3.8, 4) is 17.1 Å². The zero-order valence-electron chi connectivity index (χ0n) is 24.2. The summed E-state index contributed by atoms with van der Waals surface area (Å²) >= 11 is 0. The molecule has 0 bridgehead atoms. The number of ether oxygens (including phenoxy) is 1. The van der Waals surface area contributed by atoms with Crippen LogP contribution in [0.25, 0.3) is 11.4 Å². The maximum absolute atomic E-state index is 14.9. The number of carbonyl (C=O) groups is 2. The van der Waals surface area contributed by atoms with Crippen molar-refractivity contribution in [1.82, 2.24) is 25.3 Å². The first kappa shape index (κ1) is 29.8. The summed E-state index contributed by atoms with van der Waals surface area (Å²) in [7, 11) is 0. The van der Waals surface area contributed by atoms with Crippen molar-refractivity contribution >= 4 is 11.8 Å². The van der Waals surface area contributed by atoms with Crippen LogP contribution in [-0.2, 0) is 4.79 Å². The lowest BCUT2D eigenvalue weighted by molar-refractivity contribution is -0.132. The van der Waals surface area contributed by atoms with Crippen LogP contribution in [-0.4, -0.2) is 77.1 Å². The second-order valence-corrected chi connectivity index (χ2v) is 11.2. The lowest BCUT2D eigenvalue weighted by Gasteiger charge is -2.25. The average Bonchev–Trinajstić information content (AvgIpc) is 3.57. The summed E-state index contributed by atoms with van der Waals surface area (Å²) in [5, 5.41) is 6.76. The molecule has 1 N–H and O–H groups in total. The Kier molecular flexibility index (Phi) is 10.2. The van der Waals surface area contributed by atoms with Crippen LogP contribution >= 0.6 is 0 Å². The minimum Gasteiger partial charge on any atom is -0.493 e. The monoisotopic (exact) mass is 581 g/mol. The highest BCUT2D eigenvalue weighted by Gasteiger charge is 2.26. The third kappa shape index (κ3) is 7.76. The van der Waals surface area contributed by atoms with Crippen molar-refractivity contribution in [3.63, 3.8) is 0 Å². The molecule has 2 aromatic heterocycles. The number of nitrogens with zero attached hydrogens (tertiary/aromatic N) is 4. The number of rotatable bonds is 10. The summed E-state index contributed by atoms with van der Waals surface area (Å²) in [6.45, 7) is 5.78. The predicted octanol–water partition coefficient (Wildman–Crippen LogP) is 5.03. The molecule has 1 aromatic carbocycles. The fourth-order valence-electron chi connectivity index (χ4n) is 5.71. The Balaban J connectivity index is 1.04. The van der Waals surface area contributed by atoms with Crippen LogP contribution < -0.4 is 10.1 Å². The van der Waals surface area contributed by atoms with E-state index in [0.29, 0.717) is 36.9 Å². The van der Waals surface area contributed by atoms with Crippen molar-refractivity contribution in [2.45, 2.75) is 70.3 Å². The van der Waals surface area contributed by atoms with Crippen LogP contribution in [0.15, 0.2) is 45.5 Å². The minimum absolute atomic E-state index is 0.105. The molecule has 1 aliphatic carbocycles. The standard InChI is InChI=1S/C31H40FN5O5/c1-22(33-29(38)27-11-6-19-41-27)31(39)37-16-7-14-36(17-18-37)15-8-20-40-24-12-13-25(26(32)21-24)28-34-30(42-35-28)23-9-4-2-3-5-10-23/h6,11-13,19,21-23H,2-5,7-10,14-18,20H2,1H3,(H,33,38)/t22-/m1/s1. The molecule has 11 heteroatoms. The van der Waals surface area contributed by atoms with E-state index in [2.05, 4.69) is 20.4 Å². The van der Waals surface area contributed by atoms with Gasteiger partial charge in [0.25, 0.3) is 5.91 Å². The number of halogens is 1. The topological polar surface area (TPSA) is 114 Å². The van der Waals surface area contributed by atoms with Gasteiger partial charge in [-0.25, -0.2) is 4.39 Å². The second kappa shape index (κ2) is 14.4. The van der Waals surface area contributed by atoms with Gasteiger partial charge in [0.05, 0.1) is 18.4 Å². The summed E-state index contributed by atoms with van der Waals surface area (Å²) in [5.41, 5.74) is 0.310. The van der Waals surface area contributed by atoms with Crippen molar-refractivity contribution < 1.29 is 27.7 Å². The van der Waals surface area contributed by atoms with Crippen molar-refractivity contribution in [2.75, 3.05) is 39.3 Å². The average molecular weight is 582 g/mol. The summed E-state index contributed by atoms with van der Waals surface area (Å²) < 4.78 is 31.4. The lowest BCUT2D eigenvalue weighted by Crippen LogP contribution is -2.48. The van der Waals surface area contributed by atoms with Gasteiger partial charge in [0, 0.05) is 38.2 Å². The first-order valence-corrected chi connectivity index (χ1v) is 15.1. The first-order chi connectivity index (χ1) is 20.5. The highest BCUT2D eigenvalue weighted by molar-refractivity contribution is 5.95. The number of benzene rings is 1. The third-order valence-corrected chi connectivity index (χ3v) is 8.08. The number of hydrogen-bond acceptors (Lipinski definition) is 8. The van der Waals surface area contributed by atoms with Gasteiger partial charge >= 0.3 is 0 Å². The van der Waals surface area contributed by atoms with Crippen molar-refractivity contribution in [2.24, 2.45) is 0 Å². The van der Waals surface area contributed by atoms with Crippen molar-refractivity contribution in [1.29, 1.82) is 0 Å². The molecular formula is C31H40FN5O5. The number of carbonyl (C=O) groups excluding carboxylic acids is 2. The fourth-order valence-corrected chi connectivity index (χ4v) is 5.71. The molecule has 1 saturated heterocycles. The lowest BCUT2D eigenvalue weighted by atomic mass is 10.0. The molecule has 1 atom stereocenters. The Morgan fingerprint density at radius 2 is 1.93 bits per heavy atom. The maximum Gasteiger partial charge on any atom is 0.287 e. The maximum atomic E-state index is 14.9. The summed E-state index contributed by atoms with van der Waals surface area (Å²) in [4.78, 5) is 33.7. The largest absolute Gasteiger partial charge is 0.493 e. The molecule has 1 aliphatic heterocycles. The molecule has 0 radical (unpaired) electrons. The van der Waals surface area contributed by atoms with Gasteiger partial charge in [-0.1, -0.05) is 30.8 Å². The molecule has 0 unspecified atom stereocenters. The van der Waals surface area contributed by atoms with E-state index in [1.807, 2.05) is 0 Å². The number of nitrogens with one attached hydrogen (secondary N) is 1. The molecule has 2 fully saturated rings. The number of furan rings is 1. The smallest absolute Gasteiger partial charge is 0.287 e. The van der Waals surface area contributed by atoms with Crippen LogP contribution in [0, 0.1) is 5.82 Å². The summed E-state index contributed by atoms with van der Waals surface area (Å²) in [6.07, 6.45) is 9.90. The normalized spacial score (nSPS) is 17.8. The van der Waals surface area contributed by atoms with E-state index in [-0.39, 0.29) is 23.4 Å². The van der Waals surface area contributed by atoms with Crippen LogP contribution in [0.5, 0.6) is 5.75 Å².